The number of carboxylic acids is 1. The number of aliphatic hydroxyl groups is 1. The summed E-state index contributed by atoms with van der Waals surface area (Å²) < 4.78 is 0. The van der Waals surface area contributed by atoms with Crippen molar-refractivity contribution in [2.45, 2.75) is 39.3 Å². The molecule has 6 heteroatoms. The monoisotopic (exact) mass is 369 g/mol. The van der Waals surface area contributed by atoms with Gasteiger partial charge < -0.3 is 20.4 Å². The number of rotatable bonds is 5. The number of carboxylic acid groups (broad SMARTS) is 1. The molecule has 1 aliphatic carbocycles. The van der Waals surface area contributed by atoms with E-state index in [1.165, 1.54) is 12.1 Å². The number of aliphatic carboxylic acids is 1. The molecule has 0 aromatic heterocycles. The lowest BCUT2D eigenvalue weighted by atomic mass is 9.82. The second kappa shape index (κ2) is 7.40. The minimum atomic E-state index is -1.05. The van der Waals surface area contributed by atoms with E-state index in [0.29, 0.717) is 29.5 Å². The number of fused-ring (bicyclic) bond motifs is 2. The van der Waals surface area contributed by atoms with Gasteiger partial charge in [-0.15, -0.1) is 0 Å². The summed E-state index contributed by atoms with van der Waals surface area (Å²) in [7, 11) is 0. The van der Waals surface area contributed by atoms with Crippen molar-refractivity contribution in [1.29, 1.82) is 0 Å². The minimum Gasteiger partial charge on any atom is -0.507 e. The topological polar surface area (TPSA) is 110 Å². The molecule has 1 aliphatic rings. The van der Waals surface area contributed by atoms with Crippen LogP contribution < -0.4 is 0 Å². The number of carbonyl (C=O) groups is 1. The highest BCUT2D eigenvalue weighted by Gasteiger charge is 2.29. The Morgan fingerprint density at radius 3 is 2.44 bits per heavy atom. The first kappa shape index (κ1) is 18.9. The van der Waals surface area contributed by atoms with E-state index >= 15 is 0 Å². The van der Waals surface area contributed by atoms with Crippen LogP contribution in [0.25, 0.3) is 0 Å². The lowest BCUT2D eigenvalue weighted by Crippen LogP contribution is -2.25. The Hall–Kier alpha value is -2.86. The van der Waals surface area contributed by atoms with E-state index in [-0.39, 0.29) is 29.7 Å². The third-order valence-corrected chi connectivity index (χ3v) is 4.69. The highest BCUT2D eigenvalue weighted by Crippen LogP contribution is 2.38. The van der Waals surface area contributed by atoms with Crippen molar-refractivity contribution >= 4 is 11.7 Å². The summed E-state index contributed by atoms with van der Waals surface area (Å²) in [5.41, 5.74) is 3.24. The fourth-order valence-electron chi connectivity index (χ4n) is 3.53. The van der Waals surface area contributed by atoms with Gasteiger partial charge in [-0.1, -0.05) is 32.0 Å². The molecular weight excluding hydrogens is 346 g/mol. The van der Waals surface area contributed by atoms with Gasteiger partial charge in [-0.2, -0.15) is 0 Å². The smallest absolute Gasteiger partial charge is 0.328 e. The number of hydrogen-bond donors (Lipinski definition) is 4. The van der Waals surface area contributed by atoms with Crippen molar-refractivity contribution in [2.24, 2.45) is 10.9 Å². The number of aliphatic imine (C=N–C) groups is 1. The number of phenols is 2. The van der Waals surface area contributed by atoms with Gasteiger partial charge in [-0.25, -0.2) is 4.79 Å². The molecule has 4 N–H and O–H groups in total. The number of hydrogen-bond acceptors (Lipinski definition) is 5. The SMILES string of the molecule is CC(C)CC(N=C1c2c(O)cccc2Cc2cc(CO)cc(O)c21)C(=O)O. The van der Waals surface area contributed by atoms with Gasteiger partial charge in [0, 0.05) is 11.1 Å². The van der Waals surface area contributed by atoms with E-state index in [9.17, 15) is 25.2 Å². The maximum Gasteiger partial charge on any atom is 0.328 e. The van der Waals surface area contributed by atoms with Crippen molar-refractivity contribution in [3.63, 3.8) is 0 Å². The van der Waals surface area contributed by atoms with Crippen LogP contribution in [0.4, 0.5) is 0 Å². The van der Waals surface area contributed by atoms with Crippen LogP contribution in [0.1, 0.15) is 48.1 Å². The fourth-order valence-corrected chi connectivity index (χ4v) is 3.53. The van der Waals surface area contributed by atoms with Gasteiger partial charge in [-0.3, -0.25) is 4.99 Å². The summed E-state index contributed by atoms with van der Waals surface area (Å²) in [5, 5.41) is 40.0. The largest absolute Gasteiger partial charge is 0.507 e. The van der Waals surface area contributed by atoms with Crippen LogP contribution >= 0.6 is 0 Å². The van der Waals surface area contributed by atoms with E-state index in [1.54, 1.807) is 12.1 Å². The third-order valence-electron chi connectivity index (χ3n) is 4.69. The van der Waals surface area contributed by atoms with Gasteiger partial charge in [0.1, 0.15) is 17.5 Å². The normalized spacial score (nSPS) is 15.5. The minimum absolute atomic E-state index is 0.00350. The number of benzene rings is 2. The van der Waals surface area contributed by atoms with E-state index in [1.807, 2.05) is 19.9 Å². The molecule has 6 nitrogen and oxygen atoms in total. The van der Waals surface area contributed by atoms with E-state index in [2.05, 4.69) is 4.99 Å². The van der Waals surface area contributed by atoms with Crippen LogP contribution in [0.15, 0.2) is 35.3 Å². The van der Waals surface area contributed by atoms with E-state index < -0.39 is 12.0 Å². The van der Waals surface area contributed by atoms with Gasteiger partial charge in [0.25, 0.3) is 0 Å². The Kier molecular flexibility index (Phi) is 5.19. The molecule has 0 saturated carbocycles. The summed E-state index contributed by atoms with van der Waals surface area (Å²) in [5.74, 6) is -1.02. The van der Waals surface area contributed by atoms with Gasteiger partial charge in [0.05, 0.1) is 12.3 Å². The number of phenolic OH excluding ortho intramolecular Hbond substituents is 2. The van der Waals surface area contributed by atoms with Crippen molar-refractivity contribution in [2.75, 3.05) is 0 Å². The highest BCUT2D eigenvalue weighted by molar-refractivity contribution is 6.19. The van der Waals surface area contributed by atoms with Gasteiger partial charge in [0.2, 0.25) is 0 Å². The summed E-state index contributed by atoms with van der Waals surface area (Å²) in [4.78, 5) is 16.2. The number of nitrogens with zero attached hydrogens (tertiary/aromatic N) is 1. The molecule has 0 aliphatic heterocycles. The number of aromatic hydroxyl groups is 2. The first-order chi connectivity index (χ1) is 12.8. The Bertz CT molecular complexity index is 917. The zero-order valence-corrected chi connectivity index (χ0v) is 15.3. The highest BCUT2D eigenvalue weighted by atomic mass is 16.4. The average molecular weight is 369 g/mol. The zero-order valence-electron chi connectivity index (χ0n) is 15.3. The average Bonchev–Trinajstić information content (AvgIpc) is 2.59. The molecule has 0 spiro atoms. The Labute approximate surface area is 157 Å². The lowest BCUT2D eigenvalue weighted by Gasteiger charge is -2.25. The molecule has 0 amide bonds. The Morgan fingerprint density at radius 1 is 1.11 bits per heavy atom. The Balaban J connectivity index is 2.26. The molecular formula is C21H23NO5. The van der Waals surface area contributed by atoms with E-state index in [4.69, 9.17) is 0 Å². The fraction of sp³-hybridized carbons (Fsp3) is 0.333. The second-order valence-corrected chi connectivity index (χ2v) is 7.26. The molecule has 142 valence electrons. The van der Waals surface area contributed by atoms with Gasteiger partial charge in [0.15, 0.2) is 0 Å². The van der Waals surface area contributed by atoms with Crippen molar-refractivity contribution in [1.82, 2.24) is 0 Å². The van der Waals surface area contributed by atoms with Crippen LogP contribution in [-0.2, 0) is 17.8 Å². The molecule has 0 heterocycles. The zero-order chi connectivity index (χ0) is 19.7. The lowest BCUT2D eigenvalue weighted by molar-refractivity contribution is -0.138. The molecule has 1 atom stereocenters. The van der Waals surface area contributed by atoms with E-state index in [0.717, 1.165) is 11.1 Å². The van der Waals surface area contributed by atoms with Crippen LogP contribution in [0, 0.1) is 5.92 Å². The molecule has 0 bridgehead atoms. The van der Waals surface area contributed by atoms with Gasteiger partial charge in [-0.05, 0) is 47.6 Å². The van der Waals surface area contributed by atoms with Crippen LogP contribution in [0.3, 0.4) is 0 Å². The quantitative estimate of drug-likeness (QED) is 0.553. The molecule has 0 saturated heterocycles. The van der Waals surface area contributed by atoms with Crippen molar-refractivity contribution in [3.8, 4) is 11.5 Å². The molecule has 27 heavy (non-hydrogen) atoms. The second-order valence-electron chi connectivity index (χ2n) is 7.26. The molecule has 2 aromatic carbocycles. The molecule has 0 fully saturated rings. The predicted molar refractivity (Wildman–Crippen MR) is 101 cm³/mol. The van der Waals surface area contributed by atoms with Crippen molar-refractivity contribution < 1.29 is 25.2 Å². The van der Waals surface area contributed by atoms with Crippen LogP contribution in [0.5, 0.6) is 11.5 Å². The van der Waals surface area contributed by atoms with Gasteiger partial charge >= 0.3 is 5.97 Å². The number of aliphatic hydroxyl groups excluding tert-OH is 1. The Morgan fingerprint density at radius 2 is 1.81 bits per heavy atom. The summed E-state index contributed by atoms with van der Waals surface area (Å²) in [6.07, 6.45) is 0.786. The molecule has 0 radical (unpaired) electrons. The van der Waals surface area contributed by atoms with Crippen molar-refractivity contribution in [3.05, 3.63) is 58.1 Å². The molecule has 2 aromatic rings. The third kappa shape index (κ3) is 3.66. The molecule has 1 unspecified atom stereocenters. The maximum absolute atomic E-state index is 11.7. The predicted octanol–water partition coefficient (Wildman–Crippen LogP) is 2.83. The standard InChI is InChI=1S/C21H23NO5/c1-11(2)6-15(21(26)27)22-20-18-13(4-3-5-16(18)24)9-14-7-12(10-23)8-17(25)19(14)20/h3-5,7-8,11,15,23-25H,6,9-10H2,1-2H3,(H,26,27). The maximum atomic E-state index is 11.7. The first-order valence-corrected chi connectivity index (χ1v) is 8.89. The first-order valence-electron chi connectivity index (χ1n) is 8.89. The van der Waals surface area contributed by atoms with Crippen LogP contribution in [0.2, 0.25) is 0 Å². The summed E-state index contributed by atoms with van der Waals surface area (Å²) in [6.45, 7) is 3.62. The summed E-state index contributed by atoms with van der Waals surface area (Å²) in [6, 6.07) is 7.31. The molecule has 3 rings (SSSR count). The summed E-state index contributed by atoms with van der Waals surface area (Å²) >= 11 is 0. The van der Waals surface area contributed by atoms with Crippen LogP contribution in [-0.4, -0.2) is 38.1 Å².